The predicted molar refractivity (Wildman–Crippen MR) is 62.2 cm³/mol. The molecule has 0 amide bonds. The molecule has 1 saturated carbocycles. The van der Waals surface area contributed by atoms with E-state index >= 15 is 0 Å². The first kappa shape index (κ1) is 13.5. The van der Waals surface area contributed by atoms with Gasteiger partial charge in [-0.1, -0.05) is 19.8 Å². The SMILES string of the molecule is CC(CNCC1CCCCC1CO)C(=O)O. The Morgan fingerprint density at radius 2 is 2.00 bits per heavy atom. The summed E-state index contributed by atoms with van der Waals surface area (Å²) in [4.78, 5) is 10.6. The van der Waals surface area contributed by atoms with Gasteiger partial charge in [-0.2, -0.15) is 0 Å². The first-order valence-electron chi connectivity index (χ1n) is 6.19. The van der Waals surface area contributed by atoms with Crippen molar-refractivity contribution in [2.24, 2.45) is 17.8 Å². The molecule has 1 fully saturated rings. The number of aliphatic hydroxyl groups excluding tert-OH is 1. The number of rotatable bonds is 6. The minimum atomic E-state index is -0.755. The van der Waals surface area contributed by atoms with Gasteiger partial charge >= 0.3 is 5.97 Å². The average Bonchev–Trinajstić information content (AvgIpc) is 2.29. The summed E-state index contributed by atoms with van der Waals surface area (Å²) in [6.45, 7) is 3.33. The summed E-state index contributed by atoms with van der Waals surface area (Å²) in [5.74, 6) is -0.174. The molecule has 0 aromatic carbocycles. The topological polar surface area (TPSA) is 69.6 Å². The van der Waals surface area contributed by atoms with E-state index in [0.717, 1.165) is 19.4 Å². The Kier molecular flexibility index (Phi) is 5.77. The molecule has 0 bridgehead atoms. The van der Waals surface area contributed by atoms with E-state index in [9.17, 15) is 9.90 Å². The molecular formula is C12H23NO3. The number of aliphatic hydroxyl groups is 1. The van der Waals surface area contributed by atoms with Crippen LogP contribution >= 0.6 is 0 Å². The first-order valence-corrected chi connectivity index (χ1v) is 6.19. The maximum Gasteiger partial charge on any atom is 0.307 e. The largest absolute Gasteiger partial charge is 0.481 e. The molecule has 0 aromatic heterocycles. The van der Waals surface area contributed by atoms with Crippen LogP contribution in [0.5, 0.6) is 0 Å². The van der Waals surface area contributed by atoms with Crippen LogP contribution in [0.15, 0.2) is 0 Å². The molecule has 1 aliphatic rings. The van der Waals surface area contributed by atoms with Crippen LogP contribution in [0, 0.1) is 17.8 Å². The van der Waals surface area contributed by atoms with Crippen LogP contribution in [0.1, 0.15) is 32.6 Å². The molecule has 0 heterocycles. The highest BCUT2D eigenvalue weighted by Crippen LogP contribution is 2.28. The van der Waals surface area contributed by atoms with E-state index in [-0.39, 0.29) is 12.5 Å². The molecule has 3 atom stereocenters. The third kappa shape index (κ3) is 4.10. The molecule has 0 aromatic rings. The van der Waals surface area contributed by atoms with E-state index in [1.54, 1.807) is 6.92 Å². The number of carboxylic acids is 1. The fourth-order valence-corrected chi connectivity index (χ4v) is 2.37. The van der Waals surface area contributed by atoms with Crippen LogP contribution in [-0.2, 0) is 4.79 Å². The lowest BCUT2D eigenvalue weighted by Gasteiger charge is -2.30. The Balaban J connectivity index is 2.22. The van der Waals surface area contributed by atoms with Crippen molar-refractivity contribution in [1.29, 1.82) is 0 Å². The average molecular weight is 229 g/mol. The predicted octanol–water partition coefficient (Wildman–Crippen LogP) is 1.10. The van der Waals surface area contributed by atoms with Crippen LogP contribution in [0.3, 0.4) is 0 Å². The maximum absolute atomic E-state index is 10.6. The molecule has 0 saturated heterocycles. The highest BCUT2D eigenvalue weighted by molar-refractivity contribution is 5.69. The third-order valence-electron chi connectivity index (χ3n) is 3.58. The van der Waals surface area contributed by atoms with Crippen molar-refractivity contribution in [3.63, 3.8) is 0 Å². The van der Waals surface area contributed by atoms with Crippen molar-refractivity contribution in [3.05, 3.63) is 0 Å². The molecule has 4 nitrogen and oxygen atoms in total. The van der Waals surface area contributed by atoms with E-state index in [4.69, 9.17) is 5.11 Å². The minimum Gasteiger partial charge on any atom is -0.481 e. The van der Waals surface area contributed by atoms with E-state index in [0.29, 0.717) is 18.4 Å². The second kappa shape index (κ2) is 6.86. The minimum absolute atomic E-state index is 0.265. The van der Waals surface area contributed by atoms with Gasteiger partial charge in [-0.3, -0.25) is 4.79 Å². The molecule has 1 aliphatic carbocycles. The standard InChI is InChI=1S/C12H23NO3/c1-9(12(15)16)6-13-7-10-4-2-3-5-11(10)8-14/h9-11,13-14H,2-8H2,1H3,(H,15,16). The highest BCUT2D eigenvalue weighted by atomic mass is 16.4. The van der Waals surface area contributed by atoms with Crippen LogP contribution in [0.2, 0.25) is 0 Å². The van der Waals surface area contributed by atoms with Crippen molar-refractivity contribution in [2.75, 3.05) is 19.7 Å². The van der Waals surface area contributed by atoms with E-state index in [1.165, 1.54) is 12.8 Å². The van der Waals surface area contributed by atoms with Crippen LogP contribution in [0.25, 0.3) is 0 Å². The molecule has 1 rings (SSSR count). The summed E-state index contributed by atoms with van der Waals surface area (Å²) in [5, 5.41) is 21.2. The number of hydrogen-bond donors (Lipinski definition) is 3. The molecule has 3 N–H and O–H groups in total. The normalized spacial score (nSPS) is 27.6. The summed E-state index contributed by atoms with van der Waals surface area (Å²) in [7, 11) is 0. The second-order valence-electron chi connectivity index (χ2n) is 4.88. The van der Waals surface area contributed by atoms with Crippen molar-refractivity contribution in [3.8, 4) is 0 Å². The molecule has 94 valence electrons. The quantitative estimate of drug-likeness (QED) is 0.638. The fourth-order valence-electron chi connectivity index (χ4n) is 2.37. The van der Waals surface area contributed by atoms with Gasteiger partial charge in [0, 0.05) is 13.2 Å². The van der Waals surface area contributed by atoms with Gasteiger partial charge in [0.05, 0.1) is 5.92 Å². The Bertz CT molecular complexity index is 220. The Hall–Kier alpha value is -0.610. The van der Waals surface area contributed by atoms with Gasteiger partial charge in [-0.05, 0) is 31.2 Å². The van der Waals surface area contributed by atoms with Gasteiger partial charge in [0.15, 0.2) is 0 Å². The van der Waals surface area contributed by atoms with Gasteiger partial charge in [0.1, 0.15) is 0 Å². The van der Waals surface area contributed by atoms with Crippen molar-refractivity contribution >= 4 is 5.97 Å². The van der Waals surface area contributed by atoms with Gasteiger partial charge in [0.25, 0.3) is 0 Å². The van der Waals surface area contributed by atoms with Crippen molar-refractivity contribution in [2.45, 2.75) is 32.6 Å². The maximum atomic E-state index is 10.6. The molecule has 4 heteroatoms. The van der Waals surface area contributed by atoms with Gasteiger partial charge < -0.3 is 15.5 Å². The zero-order valence-electron chi connectivity index (χ0n) is 9.98. The summed E-state index contributed by atoms with van der Waals surface area (Å²) in [6.07, 6.45) is 4.71. The zero-order valence-corrected chi connectivity index (χ0v) is 9.98. The summed E-state index contributed by atoms with van der Waals surface area (Å²) < 4.78 is 0. The van der Waals surface area contributed by atoms with E-state index in [1.807, 2.05) is 0 Å². The van der Waals surface area contributed by atoms with E-state index < -0.39 is 5.97 Å². The van der Waals surface area contributed by atoms with Crippen molar-refractivity contribution in [1.82, 2.24) is 5.32 Å². The van der Waals surface area contributed by atoms with Gasteiger partial charge in [0.2, 0.25) is 0 Å². The second-order valence-corrected chi connectivity index (χ2v) is 4.88. The number of hydrogen-bond acceptors (Lipinski definition) is 3. The monoisotopic (exact) mass is 229 g/mol. The number of aliphatic carboxylic acids is 1. The fraction of sp³-hybridized carbons (Fsp3) is 0.917. The molecule has 0 spiro atoms. The lowest BCUT2D eigenvalue weighted by Crippen LogP contribution is -2.35. The van der Waals surface area contributed by atoms with Crippen LogP contribution < -0.4 is 5.32 Å². The van der Waals surface area contributed by atoms with Crippen molar-refractivity contribution < 1.29 is 15.0 Å². The number of nitrogens with one attached hydrogen (secondary N) is 1. The molecule has 0 aliphatic heterocycles. The Morgan fingerprint density at radius 1 is 1.38 bits per heavy atom. The molecule has 0 radical (unpaired) electrons. The van der Waals surface area contributed by atoms with Gasteiger partial charge in [-0.15, -0.1) is 0 Å². The van der Waals surface area contributed by atoms with Crippen LogP contribution in [-0.4, -0.2) is 35.9 Å². The summed E-state index contributed by atoms with van der Waals surface area (Å²) in [6, 6.07) is 0. The Labute approximate surface area is 97.0 Å². The molecule has 16 heavy (non-hydrogen) atoms. The smallest absolute Gasteiger partial charge is 0.307 e. The number of carbonyl (C=O) groups is 1. The lowest BCUT2D eigenvalue weighted by atomic mass is 9.79. The number of carboxylic acid groups (broad SMARTS) is 1. The third-order valence-corrected chi connectivity index (χ3v) is 3.58. The first-order chi connectivity index (χ1) is 7.65. The summed E-state index contributed by atoms with van der Waals surface area (Å²) >= 11 is 0. The zero-order chi connectivity index (χ0) is 12.0. The van der Waals surface area contributed by atoms with Gasteiger partial charge in [-0.25, -0.2) is 0 Å². The Morgan fingerprint density at radius 3 is 2.56 bits per heavy atom. The van der Waals surface area contributed by atoms with Crippen LogP contribution in [0.4, 0.5) is 0 Å². The highest BCUT2D eigenvalue weighted by Gasteiger charge is 2.24. The lowest BCUT2D eigenvalue weighted by molar-refractivity contribution is -0.140. The summed E-state index contributed by atoms with van der Waals surface area (Å²) in [5.41, 5.74) is 0. The van der Waals surface area contributed by atoms with E-state index in [2.05, 4.69) is 5.32 Å². The molecular weight excluding hydrogens is 206 g/mol. The molecule has 3 unspecified atom stereocenters.